The van der Waals surface area contributed by atoms with Gasteiger partial charge in [-0.15, -0.1) is 0 Å². The van der Waals surface area contributed by atoms with Gasteiger partial charge >= 0.3 is 0 Å². The molecular weight excluding hydrogens is 172 g/mol. The Bertz CT molecular complexity index is 154. The van der Waals surface area contributed by atoms with Crippen LogP contribution in [0.25, 0.3) is 0 Å². The zero-order valence-electron chi connectivity index (χ0n) is 10.2. The van der Waals surface area contributed by atoms with E-state index in [2.05, 4.69) is 37.9 Å². The van der Waals surface area contributed by atoms with Gasteiger partial charge < -0.3 is 5.32 Å². The minimum atomic E-state index is 0.617. The Morgan fingerprint density at radius 2 is 1.93 bits per heavy atom. The summed E-state index contributed by atoms with van der Waals surface area (Å²) in [7, 11) is 0. The van der Waals surface area contributed by atoms with Gasteiger partial charge in [0.25, 0.3) is 0 Å². The van der Waals surface area contributed by atoms with Gasteiger partial charge in [0.05, 0.1) is 0 Å². The normalized spacial score (nSPS) is 24.9. The van der Waals surface area contributed by atoms with Crippen LogP contribution < -0.4 is 5.32 Å². The smallest absolute Gasteiger partial charge is 0.0223 e. The first-order valence-corrected chi connectivity index (χ1v) is 6.10. The summed E-state index contributed by atoms with van der Waals surface area (Å²) in [5.74, 6) is 0. The second kappa shape index (κ2) is 5.72. The van der Waals surface area contributed by atoms with Crippen molar-refractivity contribution in [1.82, 2.24) is 10.2 Å². The van der Waals surface area contributed by atoms with E-state index in [9.17, 15) is 0 Å². The molecule has 0 spiro atoms. The monoisotopic (exact) mass is 198 g/mol. The second-order valence-electron chi connectivity index (χ2n) is 5.04. The highest BCUT2D eigenvalue weighted by Gasteiger charge is 2.23. The van der Waals surface area contributed by atoms with Crippen molar-refractivity contribution in [2.45, 2.75) is 65.1 Å². The lowest BCUT2D eigenvalue weighted by Crippen LogP contribution is -2.49. The van der Waals surface area contributed by atoms with Crippen molar-refractivity contribution >= 4 is 0 Å². The van der Waals surface area contributed by atoms with Crippen LogP contribution in [-0.4, -0.2) is 36.1 Å². The van der Waals surface area contributed by atoms with Crippen molar-refractivity contribution in [2.24, 2.45) is 0 Å². The Kier molecular flexibility index (Phi) is 4.90. The summed E-state index contributed by atoms with van der Waals surface area (Å²) in [4.78, 5) is 2.65. The molecule has 2 heteroatoms. The van der Waals surface area contributed by atoms with E-state index >= 15 is 0 Å². The third-order valence-corrected chi connectivity index (χ3v) is 3.10. The van der Waals surface area contributed by atoms with Crippen LogP contribution in [0.15, 0.2) is 0 Å². The Labute approximate surface area is 89.1 Å². The molecule has 1 aliphatic rings. The third kappa shape index (κ3) is 3.58. The minimum Gasteiger partial charge on any atom is -0.313 e. The van der Waals surface area contributed by atoms with Gasteiger partial charge in [-0.1, -0.05) is 20.3 Å². The van der Waals surface area contributed by atoms with Gasteiger partial charge in [0.2, 0.25) is 0 Å². The first-order chi connectivity index (χ1) is 6.61. The number of rotatable bonds is 4. The Morgan fingerprint density at radius 3 is 2.50 bits per heavy atom. The molecule has 1 fully saturated rings. The Hall–Kier alpha value is -0.0800. The quantitative estimate of drug-likeness (QED) is 0.745. The Balaban J connectivity index is 2.38. The number of nitrogens with one attached hydrogen (secondary N) is 1. The van der Waals surface area contributed by atoms with E-state index in [1.807, 2.05) is 0 Å². The fourth-order valence-corrected chi connectivity index (χ4v) is 2.29. The minimum absolute atomic E-state index is 0.617. The van der Waals surface area contributed by atoms with Crippen molar-refractivity contribution in [3.05, 3.63) is 0 Å². The molecule has 0 saturated carbocycles. The van der Waals surface area contributed by atoms with E-state index in [1.165, 1.54) is 25.8 Å². The standard InChI is InChI=1S/C12H26N2/c1-10(2)13-9-12-7-5-6-8-14(12)11(3)4/h10-13H,5-9H2,1-4H3. The maximum atomic E-state index is 3.56. The molecular formula is C12H26N2. The molecule has 0 amide bonds. The van der Waals surface area contributed by atoms with Crippen molar-refractivity contribution < 1.29 is 0 Å². The predicted octanol–water partition coefficient (Wildman–Crippen LogP) is 2.25. The predicted molar refractivity (Wildman–Crippen MR) is 62.6 cm³/mol. The van der Waals surface area contributed by atoms with Crippen molar-refractivity contribution in [3.63, 3.8) is 0 Å². The van der Waals surface area contributed by atoms with Gasteiger partial charge in [0.1, 0.15) is 0 Å². The summed E-state index contributed by atoms with van der Waals surface area (Å²) >= 11 is 0. The fraction of sp³-hybridized carbons (Fsp3) is 1.00. The van der Waals surface area contributed by atoms with Crippen molar-refractivity contribution in [1.29, 1.82) is 0 Å². The molecule has 0 aliphatic carbocycles. The molecule has 1 N–H and O–H groups in total. The molecule has 1 unspecified atom stereocenters. The molecule has 0 radical (unpaired) electrons. The van der Waals surface area contributed by atoms with Gasteiger partial charge in [-0.2, -0.15) is 0 Å². The van der Waals surface area contributed by atoms with E-state index in [0.717, 1.165) is 12.6 Å². The molecule has 1 heterocycles. The summed E-state index contributed by atoms with van der Waals surface area (Å²) in [6.07, 6.45) is 4.17. The van der Waals surface area contributed by atoms with Crippen LogP contribution in [0.4, 0.5) is 0 Å². The maximum Gasteiger partial charge on any atom is 0.0223 e. The van der Waals surface area contributed by atoms with E-state index in [4.69, 9.17) is 0 Å². The first kappa shape index (κ1) is 12.0. The van der Waals surface area contributed by atoms with Gasteiger partial charge in [-0.3, -0.25) is 4.90 Å². The molecule has 0 aromatic carbocycles. The molecule has 14 heavy (non-hydrogen) atoms. The van der Waals surface area contributed by atoms with Crippen LogP contribution in [0.1, 0.15) is 47.0 Å². The first-order valence-electron chi connectivity index (χ1n) is 6.10. The van der Waals surface area contributed by atoms with E-state index in [-0.39, 0.29) is 0 Å². The molecule has 1 aliphatic heterocycles. The lowest BCUT2D eigenvalue weighted by Gasteiger charge is -2.39. The van der Waals surface area contributed by atoms with E-state index in [0.29, 0.717) is 12.1 Å². The van der Waals surface area contributed by atoms with Crippen LogP contribution in [0.5, 0.6) is 0 Å². The van der Waals surface area contributed by atoms with Gasteiger partial charge in [-0.25, -0.2) is 0 Å². The average molecular weight is 198 g/mol. The molecule has 0 aromatic rings. The second-order valence-corrected chi connectivity index (χ2v) is 5.04. The summed E-state index contributed by atoms with van der Waals surface area (Å²) in [6.45, 7) is 11.5. The largest absolute Gasteiger partial charge is 0.313 e. The molecule has 1 atom stereocenters. The third-order valence-electron chi connectivity index (χ3n) is 3.10. The van der Waals surface area contributed by atoms with E-state index in [1.54, 1.807) is 0 Å². The lowest BCUT2D eigenvalue weighted by molar-refractivity contribution is 0.109. The van der Waals surface area contributed by atoms with Crippen LogP contribution in [-0.2, 0) is 0 Å². The van der Waals surface area contributed by atoms with Crippen molar-refractivity contribution in [2.75, 3.05) is 13.1 Å². The molecule has 1 rings (SSSR count). The summed E-state index contributed by atoms with van der Waals surface area (Å²) in [6, 6.07) is 2.09. The molecule has 84 valence electrons. The highest BCUT2D eigenvalue weighted by molar-refractivity contribution is 4.81. The summed E-state index contributed by atoms with van der Waals surface area (Å²) < 4.78 is 0. The average Bonchev–Trinajstić information content (AvgIpc) is 2.15. The van der Waals surface area contributed by atoms with E-state index < -0.39 is 0 Å². The zero-order chi connectivity index (χ0) is 10.6. The van der Waals surface area contributed by atoms with Gasteiger partial charge in [-0.05, 0) is 33.2 Å². The zero-order valence-corrected chi connectivity index (χ0v) is 10.2. The van der Waals surface area contributed by atoms with Crippen LogP contribution in [0, 0.1) is 0 Å². The highest BCUT2D eigenvalue weighted by Crippen LogP contribution is 2.18. The summed E-state index contributed by atoms with van der Waals surface area (Å²) in [5, 5.41) is 3.56. The van der Waals surface area contributed by atoms with Crippen LogP contribution >= 0.6 is 0 Å². The molecule has 2 nitrogen and oxygen atoms in total. The van der Waals surface area contributed by atoms with Crippen LogP contribution in [0.2, 0.25) is 0 Å². The SMILES string of the molecule is CC(C)NCC1CCCCN1C(C)C. The number of nitrogens with zero attached hydrogens (tertiary/aromatic N) is 1. The lowest BCUT2D eigenvalue weighted by atomic mass is 10.00. The number of hydrogen-bond acceptors (Lipinski definition) is 2. The van der Waals surface area contributed by atoms with Gasteiger partial charge in [0.15, 0.2) is 0 Å². The fourth-order valence-electron chi connectivity index (χ4n) is 2.29. The number of piperidine rings is 1. The summed E-state index contributed by atoms with van der Waals surface area (Å²) in [5.41, 5.74) is 0. The topological polar surface area (TPSA) is 15.3 Å². The van der Waals surface area contributed by atoms with Gasteiger partial charge in [0, 0.05) is 24.7 Å². The maximum absolute atomic E-state index is 3.56. The van der Waals surface area contributed by atoms with Crippen LogP contribution in [0.3, 0.4) is 0 Å². The number of likely N-dealkylation sites (tertiary alicyclic amines) is 1. The Morgan fingerprint density at radius 1 is 1.21 bits per heavy atom. The number of hydrogen-bond donors (Lipinski definition) is 1. The molecule has 0 bridgehead atoms. The molecule has 0 aromatic heterocycles. The molecule has 1 saturated heterocycles. The highest BCUT2D eigenvalue weighted by atomic mass is 15.2. The van der Waals surface area contributed by atoms with Crippen molar-refractivity contribution in [3.8, 4) is 0 Å².